The molecule has 2 aromatic carbocycles. The molecule has 0 bridgehead atoms. The quantitative estimate of drug-likeness (QED) is 0.581. The lowest BCUT2D eigenvalue weighted by molar-refractivity contribution is 0.302. The van der Waals surface area contributed by atoms with Crippen LogP contribution < -0.4 is 4.74 Å². The van der Waals surface area contributed by atoms with Gasteiger partial charge in [-0.05, 0) is 81.2 Å². The van der Waals surface area contributed by atoms with Crippen LogP contribution in [0.3, 0.4) is 0 Å². The molecular formula is C16H16BrIO. The van der Waals surface area contributed by atoms with Crippen molar-refractivity contribution in [3.05, 3.63) is 61.1 Å². The first kappa shape index (κ1) is 14.9. The molecule has 0 aliphatic rings. The molecule has 0 saturated heterocycles. The van der Waals surface area contributed by atoms with E-state index < -0.39 is 0 Å². The highest BCUT2D eigenvalue weighted by Gasteiger charge is 2.06. The molecule has 2 aromatic rings. The normalized spacial score (nSPS) is 10.5. The molecule has 0 radical (unpaired) electrons. The highest BCUT2D eigenvalue weighted by molar-refractivity contribution is 14.1. The SMILES string of the molecule is CCc1ccc(OCc2c(C)cccc2I)c(Br)c1. The molecule has 0 unspecified atom stereocenters. The van der Waals surface area contributed by atoms with Gasteiger partial charge in [0.1, 0.15) is 12.4 Å². The Balaban J connectivity index is 2.15. The third kappa shape index (κ3) is 3.72. The van der Waals surface area contributed by atoms with Crippen molar-refractivity contribution >= 4 is 38.5 Å². The van der Waals surface area contributed by atoms with Gasteiger partial charge < -0.3 is 4.74 Å². The van der Waals surface area contributed by atoms with E-state index in [1.807, 2.05) is 6.07 Å². The standard InChI is InChI=1S/C16H16BrIO/c1-3-12-7-8-16(14(17)9-12)19-10-13-11(2)5-4-6-15(13)18/h4-9H,3,10H2,1-2H3. The number of hydrogen-bond donors (Lipinski definition) is 0. The Hall–Kier alpha value is -0.550. The van der Waals surface area contributed by atoms with E-state index in [0.717, 1.165) is 16.6 Å². The van der Waals surface area contributed by atoms with Gasteiger partial charge in [0.2, 0.25) is 0 Å². The molecule has 0 N–H and O–H groups in total. The highest BCUT2D eigenvalue weighted by atomic mass is 127. The van der Waals surface area contributed by atoms with Gasteiger partial charge in [-0.25, -0.2) is 0 Å². The van der Waals surface area contributed by atoms with Crippen LogP contribution in [0.5, 0.6) is 5.75 Å². The zero-order chi connectivity index (χ0) is 13.8. The largest absolute Gasteiger partial charge is 0.488 e. The van der Waals surface area contributed by atoms with Crippen LogP contribution in [0.25, 0.3) is 0 Å². The predicted molar refractivity (Wildman–Crippen MR) is 91.7 cm³/mol. The fourth-order valence-electron chi connectivity index (χ4n) is 1.88. The summed E-state index contributed by atoms with van der Waals surface area (Å²) in [5, 5.41) is 0. The monoisotopic (exact) mass is 430 g/mol. The number of ether oxygens (including phenoxy) is 1. The zero-order valence-corrected chi connectivity index (χ0v) is 14.8. The third-order valence-corrected chi connectivity index (χ3v) is 4.76. The van der Waals surface area contributed by atoms with Gasteiger partial charge >= 0.3 is 0 Å². The molecule has 100 valence electrons. The lowest BCUT2D eigenvalue weighted by Crippen LogP contribution is -2.01. The van der Waals surface area contributed by atoms with Gasteiger partial charge in [0.05, 0.1) is 4.47 Å². The van der Waals surface area contributed by atoms with Gasteiger partial charge in [0.25, 0.3) is 0 Å². The van der Waals surface area contributed by atoms with E-state index in [0.29, 0.717) is 6.61 Å². The molecule has 0 aromatic heterocycles. The summed E-state index contributed by atoms with van der Waals surface area (Å²) >= 11 is 5.93. The van der Waals surface area contributed by atoms with Gasteiger partial charge in [-0.2, -0.15) is 0 Å². The van der Waals surface area contributed by atoms with E-state index in [-0.39, 0.29) is 0 Å². The van der Waals surface area contributed by atoms with Crippen molar-refractivity contribution in [1.29, 1.82) is 0 Å². The summed E-state index contributed by atoms with van der Waals surface area (Å²) in [5.41, 5.74) is 3.84. The average molecular weight is 431 g/mol. The Labute approximate surface area is 136 Å². The van der Waals surface area contributed by atoms with E-state index in [2.05, 4.69) is 82.7 Å². The summed E-state index contributed by atoms with van der Waals surface area (Å²) in [5.74, 6) is 0.899. The van der Waals surface area contributed by atoms with Gasteiger partial charge in [-0.3, -0.25) is 0 Å². The molecule has 0 heterocycles. The van der Waals surface area contributed by atoms with Crippen molar-refractivity contribution < 1.29 is 4.74 Å². The van der Waals surface area contributed by atoms with Crippen LogP contribution >= 0.6 is 38.5 Å². The number of hydrogen-bond acceptors (Lipinski definition) is 1. The first-order valence-electron chi connectivity index (χ1n) is 6.27. The minimum Gasteiger partial charge on any atom is -0.488 e. The first-order chi connectivity index (χ1) is 9.11. The van der Waals surface area contributed by atoms with Crippen LogP contribution in [0, 0.1) is 10.5 Å². The van der Waals surface area contributed by atoms with Crippen LogP contribution in [0.4, 0.5) is 0 Å². The summed E-state index contributed by atoms with van der Waals surface area (Å²) in [4.78, 5) is 0. The van der Waals surface area contributed by atoms with Crippen LogP contribution in [0.1, 0.15) is 23.6 Å². The van der Waals surface area contributed by atoms with Crippen molar-refractivity contribution in [3.8, 4) is 5.75 Å². The summed E-state index contributed by atoms with van der Waals surface area (Å²) in [6.45, 7) is 4.88. The number of benzene rings is 2. The van der Waals surface area contributed by atoms with E-state index >= 15 is 0 Å². The Bertz CT molecular complexity index is 561. The van der Waals surface area contributed by atoms with Crippen molar-refractivity contribution in [2.75, 3.05) is 0 Å². The summed E-state index contributed by atoms with van der Waals surface area (Å²) in [6.07, 6.45) is 1.04. The van der Waals surface area contributed by atoms with Crippen molar-refractivity contribution in [2.45, 2.75) is 26.9 Å². The Kier molecular flexibility index (Phi) is 5.28. The minimum absolute atomic E-state index is 0.606. The molecule has 0 aliphatic heterocycles. The molecule has 3 heteroatoms. The molecule has 0 amide bonds. The van der Waals surface area contributed by atoms with Gasteiger partial charge in [0, 0.05) is 9.13 Å². The minimum atomic E-state index is 0.606. The van der Waals surface area contributed by atoms with E-state index in [9.17, 15) is 0 Å². The fraction of sp³-hybridized carbons (Fsp3) is 0.250. The van der Waals surface area contributed by atoms with Crippen molar-refractivity contribution in [1.82, 2.24) is 0 Å². The predicted octanol–water partition coefficient (Wildman–Crippen LogP) is 5.50. The van der Waals surface area contributed by atoms with Crippen molar-refractivity contribution in [2.24, 2.45) is 0 Å². The summed E-state index contributed by atoms with van der Waals surface area (Å²) in [7, 11) is 0. The number of halogens is 2. The maximum atomic E-state index is 5.93. The molecule has 1 nitrogen and oxygen atoms in total. The molecule has 0 saturated carbocycles. The van der Waals surface area contributed by atoms with Gasteiger partial charge in [-0.15, -0.1) is 0 Å². The fourth-order valence-corrected chi connectivity index (χ4v) is 3.21. The Morgan fingerprint density at radius 2 is 2.00 bits per heavy atom. The number of rotatable bonds is 4. The maximum absolute atomic E-state index is 5.93. The van der Waals surface area contributed by atoms with E-state index in [1.165, 1.54) is 20.3 Å². The Morgan fingerprint density at radius 1 is 1.21 bits per heavy atom. The van der Waals surface area contributed by atoms with Crippen molar-refractivity contribution in [3.63, 3.8) is 0 Å². The lowest BCUT2D eigenvalue weighted by Gasteiger charge is -2.12. The second-order valence-electron chi connectivity index (χ2n) is 4.44. The second-order valence-corrected chi connectivity index (χ2v) is 6.46. The molecule has 2 rings (SSSR count). The Morgan fingerprint density at radius 3 is 2.63 bits per heavy atom. The smallest absolute Gasteiger partial charge is 0.134 e. The topological polar surface area (TPSA) is 9.23 Å². The molecule has 0 aliphatic carbocycles. The van der Waals surface area contributed by atoms with Gasteiger partial charge in [0.15, 0.2) is 0 Å². The highest BCUT2D eigenvalue weighted by Crippen LogP contribution is 2.28. The average Bonchev–Trinajstić information content (AvgIpc) is 2.39. The zero-order valence-electron chi connectivity index (χ0n) is 11.0. The first-order valence-corrected chi connectivity index (χ1v) is 8.14. The lowest BCUT2D eigenvalue weighted by atomic mass is 10.1. The second kappa shape index (κ2) is 6.75. The third-order valence-electron chi connectivity index (χ3n) is 3.13. The molecule has 0 fully saturated rings. The van der Waals surface area contributed by atoms with Crippen LogP contribution in [0.2, 0.25) is 0 Å². The molecular weight excluding hydrogens is 415 g/mol. The molecule has 19 heavy (non-hydrogen) atoms. The van der Waals surface area contributed by atoms with E-state index in [4.69, 9.17) is 4.74 Å². The van der Waals surface area contributed by atoms with Crippen LogP contribution in [-0.2, 0) is 13.0 Å². The summed E-state index contributed by atoms with van der Waals surface area (Å²) < 4.78 is 8.20. The van der Waals surface area contributed by atoms with Crippen LogP contribution in [-0.4, -0.2) is 0 Å². The van der Waals surface area contributed by atoms with E-state index in [1.54, 1.807) is 0 Å². The molecule has 0 spiro atoms. The maximum Gasteiger partial charge on any atom is 0.134 e. The molecule has 0 atom stereocenters. The number of aryl methyl sites for hydroxylation is 2. The van der Waals surface area contributed by atoms with Gasteiger partial charge in [-0.1, -0.05) is 25.1 Å². The van der Waals surface area contributed by atoms with Crippen LogP contribution in [0.15, 0.2) is 40.9 Å². The summed E-state index contributed by atoms with van der Waals surface area (Å²) in [6, 6.07) is 12.6.